The molecule has 0 unspecified atom stereocenters. The Bertz CT molecular complexity index is 923. The van der Waals surface area contributed by atoms with Crippen LogP contribution in [0.25, 0.3) is 22.6 Å². The molecule has 0 radical (unpaired) electrons. The van der Waals surface area contributed by atoms with Gasteiger partial charge in [0.05, 0.1) is 5.69 Å². The maximum absolute atomic E-state index is 6.03. The fraction of sp³-hybridized carbons (Fsp3) is 0.200. The predicted octanol–water partition coefficient (Wildman–Crippen LogP) is 5.18. The van der Waals surface area contributed by atoms with Gasteiger partial charge < -0.3 is 4.90 Å². The molecule has 0 bridgehead atoms. The molecule has 0 fully saturated rings. The van der Waals surface area contributed by atoms with Gasteiger partial charge in [-0.1, -0.05) is 29.8 Å². The van der Waals surface area contributed by atoms with E-state index in [9.17, 15) is 0 Å². The Morgan fingerprint density at radius 3 is 2.52 bits per heavy atom. The Balaban J connectivity index is 1.98. The van der Waals surface area contributed by atoms with E-state index < -0.39 is 0 Å². The van der Waals surface area contributed by atoms with E-state index in [1.807, 2.05) is 50.1 Å². The van der Waals surface area contributed by atoms with Gasteiger partial charge in [-0.3, -0.25) is 0 Å². The van der Waals surface area contributed by atoms with Gasteiger partial charge >= 0.3 is 0 Å². The van der Waals surface area contributed by atoms with Crippen LogP contribution < -0.4 is 4.90 Å². The molecule has 0 saturated heterocycles. The number of fused-ring (bicyclic) bond motifs is 3. The summed E-state index contributed by atoms with van der Waals surface area (Å²) >= 11 is 7.92. The summed E-state index contributed by atoms with van der Waals surface area (Å²) in [7, 11) is 4.08. The lowest BCUT2D eigenvalue weighted by Crippen LogP contribution is -2.16. The number of nitrogens with zero attached hydrogens (tertiary/aromatic N) is 3. The number of benzene rings is 2. The first-order valence-corrected chi connectivity index (χ1v) is 9.56. The zero-order valence-electron chi connectivity index (χ0n) is 14.2. The van der Waals surface area contributed by atoms with Crippen molar-refractivity contribution in [3.63, 3.8) is 0 Å². The Morgan fingerprint density at radius 1 is 1.00 bits per heavy atom. The third kappa shape index (κ3) is 3.12. The van der Waals surface area contributed by atoms with Crippen LogP contribution in [-0.2, 0) is 6.42 Å². The molecule has 3 aromatic rings. The largest absolute Gasteiger partial charge is 0.362 e. The zero-order chi connectivity index (χ0) is 17.4. The lowest BCUT2D eigenvalue weighted by atomic mass is 10.0. The second-order valence-electron chi connectivity index (χ2n) is 6.19. The van der Waals surface area contributed by atoms with Crippen molar-refractivity contribution in [2.45, 2.75) is 11.3 Å². The number of halogens is 1. The van der Waals surface area contributed by atoms with E-state index in [2.05, 4.69) is 29.2 Å². The molecule has 4 rings (SSSR count). The second-order valence-corrected chi connectivity index (χ2v) is 7.77. The SMILES string of the molecule is CN(C)c1nc(-c2ccc(Cl)cc2)nc2c1CCSc1ccccc1-2. The molecule has 0 aliphatic carbocycles. The molecule has 0 amide bonds. The van der Waals surface area contributed by atoms with E-state index in [1.54, 1.807) is 0 Å². The molecule has 0 N–H and O–H groups in total. The molecule has 126 valence electrons. The van der Waals surface area contributed by atoms with Gasteiger partial charge in [-0.2, -0.15) is 0 Å². The van der Waals surface area contributed by atoms with Crippen molar-refractivity contribution in [2.75, 3.05) is 24.7 Å². The average molecular weight is 368 g/mol. The Morgan fingerprint density at radius 2 is 1.76 bits per heavy atom. The summed E-state index contributed by atoms with van der Waals surface area (Å²) in [5.74, 6) is 2.77. The molecule has 0 saturated carbocycles. The number of hydrogen-bond acceptors (Lipinski definition) is 4. The average Bonchev–Trinajstić information content (AvgIpc) is 2.81. The van der Waals surface area contributed by atoms with Gasteiger partial charge in [0.15, 0.2) is 5.82 Å². The van der Waals surface area contributed by atoms with Crippen molar-refractivity contribution in [2.24, 2.45) is 0 Å². The van der Waals surface area contributed by atoms with Gasteiger partial charge in [0.25, 0.3) is 0 Å². The molecular weight excluding hydrogens is 350 g/mol. The monoisotopic (exact) mass is 367 g/mol. The van der Waals surface area contributed by atoms with Gasteiger partial charge in [-0.25, -0.2) is 9.97 Å². The van der Waals surface area contributed by atoms with E-state index in [0.717, 1.165) is 35.1 Å². The predicted molar refractivity (Wildman–Crippen MR) is 107 cm³/mol. The third-order valence-electron chi connectivity index (χ3n) is 4.26. The number of anilines is 1. The summed E-state index contributed by atoms with van der Waals surface area (Å²) in [5, 5.41) is 0.716. The van der Waals surface area contributed by atoms with Crippen LogP contribution in [0, 0.1) is 0 Å². The third-order valence-corrected chi connectivity index (χ3v) is 5.59. The van der Waals surface area contributed by atoms with Crippen LogP contribution in [0.5, 0.6) is 0 Å². The summed E-state index contributed by atoms with van der Waals surface area (Å²) in [6, 6.07) is 16.2. The number of rotatable bonds is 2. The van der Waals surface area contributed by atoms with Crippen LogP contribution in [0.4, 0.5) is 5.82 Å². The molecule has 1 aromatic heterocycles. The van der Waals surface area contributed by atoms with Crippen molar-refractivity contribution >= 4 is 29.2 Å². The zero-order valence-corrected chi connectivity index (χ0v) is 15.7. The van der Waals surface area contributed by atoms with E-state index >= 15 is 0 Å². The molecule has 5 heteroatoms. The highest BCUT2D eigenvalue weighted by Crippen LogP contribution is 2.40. The lowest BCUT2D eigenvalue weighted by Gasteiger charge is -2.19. The fourth-order valence-electron chi connectivity index (χ4n) is 3.07. The molecular formula is C20H18ClN3S. The van der Waals surface area contributed by atoms with E-state index in [0.29, 0.717) is 5.02 Å². The summed E-state index contributed by atoms with van der Waals surface area (Å²) in [6.07, 6.45) is 0.961. The molecule has 2 aromatic carbocycles. The fourth-order valence-corrected chi connectivity index (χ4v) is 4.22. The quantitative estimate of drug-likeness (QED) is 0.624. The molecule has 0 atom stereocenters. The maximum Gasteiger partial charge on any atom is 0.162 e. The minimum absolute atomic E-state index is 0.716. The summed E-state index contributed by atoms with van der Waals surface area (Å²) in [4.78, 5) is 13.2. The van der Waals surface area contributed by atoms with Crippen LogP contribution >= 0.6 is 23.4 Å². The van der Waals surface area contributed by atoms with Crippen LogP contribution in [-0.4, -0.2) is 29.8 Å². The number of hydrogen-bond donors (Lipinski definition) is 0. The molecule has 2 heterocycles. The first-order chi connectivity index (χ1) is 12.1. The van der Waals surface area contributed by atoms with Crippen molar-refractivity contribution < 1.29 is 0 Å². The van der Waals surface area contributed by atoms with Gasteiger partial charge in [-0.05, 0) is 36.8 Å². The lowest BCUT2D eigenvalue weighted by molar-refractivity contribution is 0.990. The highest BCUT2D eigenvalue weighted by atomic mass is 35.5. The Hall–Kier alpha value is -2.04. The topological polar surface area (TPSA) is 29.0 Å². The first-order valence-electron chi connectivity index (χ1n) is 8.20. The minimum Gasteiger partial charge on any atom is -0.362 e. The summed E-state index contributed by atoms with van der Waals surface area (Å²) < 4.78 is 0. The van der Waals surface area contributed by atoms with Crippen molar-refractivity contribution in [1.82, 2.24) is 9.97 Å². The maximum atomic E-state index is 6.03. The van der Waals surface area contributed by atoms with Gasteiger partial charge in [0.2, 0.25) is 0 Å². The first kappa shape index (κ1) is 16.4. The molecule has 1 aliphatic heterocycles. The molecule has 3 nitrogen and oxygen atoms in total. The van der Waals surface area contributed by atoms with Crippen LogP contribution in [0.2, 0.25) is 5.02 Å². The van der Waals surface area contributed by atoms with E-state index in [4.69, 9.17) is 21.6 Å². The smallest absolute Gasteiger partial charge is 0.162 e. The van der Waals surface area contributed by atoms with Gasteiger partial charge in [0, 0.05) is 46.5 Å². The van der Waals surface area contributed by atoms with Gasteiger partial charge in [-0.15, -0.1) is 11.8 Å². The van der Waals surface area contributed by atoms with E-state index in [1.165, 1.54) is 16.0 Å². The van der Waals surface area contributed by atoms with Crippen molar-refractivity contribution in [3.05, 3.63) is 59.1 Å². The molecule has 0 spiro atoms. The Kier molecular flexibility index (Phi) is 4.40. The highest BCUT2D eigenvalue weighted by molar-refractivity contribution is 7.99. The Labute approximate surface area is 157 Å². The summed E-state index contributed by atoms with van der Waals surface area (Å²) in [6.45, 7) is 0. The van der Waals surface area contributed by atoms with Crippen LogP contribution in [0.3, 0.4) is 0 Å². The minimum atomic E-state index is 0.716. The molecule has 25 heavy (non-hydrogen) atoms. The summed E-state index contributed by atoms with van der Waals surface area (Å²) in [5.41, 5.74) is 4.44. The van der Waals surface area contributed by atoms with Crippen LogP contribution in [0.1, 0.15) is 5.56 Å². The van der Waals surface area contributed by atoms with Crippen molar-refractivity contribution in [1.29, 1.82) is 0 Å². The number of aromatic nitrogens is 2. The second kappa shape index (κ2) is 6.70. The number of thioether (sulfide) groups is 1. The van der Waals surface area contributed by atoms with Gasteiger partial charge in [0.1, 0.15) is 5.82 Å². The highest BCUT2D eigenvalue weighted by Gasteiger charge is 2.22. The standard InChI is InChI=1S/C20H18ClN3S/c1-24(2)20-16-11-12-25-17-6-4-3-5-15(17)18(16)22-19(23-20)13-7-9-14(21)10-8-13/h3-10H,11-12H2,1-2H3. The van der Waals surface area contributed by atoms with Crippen molar-refractivity contribution in [3.8, 4) is 22.6 Å². The van der Waals surface area contributed by atoms with E-state index in [-0.39, 0.29) is 0 Å². The normalized spacial score (nSPS) is 12.9. The van der Waals surface area contributed by atoms with Crippen LogP contribution in [0.15, 0.2) is 53.4 Å². The molecule has 1 aliphatic rings.